The smallest absolute Gasteiger partial charge is 0.246 e. The van der Waals surface area contributed by atoms with Gasteiger partial charge in [-0.15, -0.1) is 0 Å². The Balaban J connectivity index is 0.00000150. The summed E-state index contributed by atoms with van der Waals surface area (Å²) in [4.78, 5) is 18.6. The third-order valence-corrected chi connectivity index (χ3v) is 5.79. The first kappa shape index (κ1) is 25.8. The third-order valence-electron chi connectivity index (χ3n) is 5.79. The van der Waals surface area contributed by atoms with Crippen molar-refractivity contribution in [2.45, 2.75) is 60.0 Å². The number of aryl methyl sites for hydroxylation is 1. The summed E-state index contributed by atoms with van der Waals surface area (Å²) in [6.07, 6.45) is 3.15. The van der Waals surface area contributed by atoms with Crippen LogP contribution in [0.3, 0.4) is 0 Å². The second kappa shape index (κ2) is 10.2. The number of hydrogen-bond acceptors (Lipinski definition) is 4. The van der Waals surface area contributed by atoms with Gasteiger partial charge in [0.25, 0.3) is 0 Å². The normalized spacial score (nSPS) is 21.7. The van der Waals surface area contributed by atoms with Crippen molar-refractivity contribution < 1.29 is 9.18 Å². The number of aromatic nitrogens is 1. The van der Waals surface area contributed by atoms with Crippen LogP contribution in [0.15, 0.2) is 30.3 Å². The average Bonchev–Trinajstić information content (AvgIpc) is 2.61. The SMILES string of the molecule is C.C.Cc1nc(NC2CC(Cc3ccc(F)cc3)C2)cc2c1NC(=O)[C@H](C)N2C.S. The number of nitrogens with zero attached hydrogens (tertiary/aromatic N) is 2. The topological polar surface area (TPSA) is 57.3 Å². The summed E-state index contributed by atoms with van der Waals surface area (Å²) in [6, 6.07) is 9.02. The van der Waals surface area contributed by atoms with E-state index in [1.54, 1.807) is 0 Å². The van der Waals surface area contributed by atoms with Gasteiger partial charge in [0.1, 0.15) is 17.7 Å². The molecule has 1 fully saturated rings. The van der Waals surface area contributed by atoms with Gasteiger partial charge in [-0.2, -0.15) is 13.5 Å². The van der Waals surface area contributed by atoms with Crippen LogP contribution in [0.4, 0.5) is 21.6 Å². The van der Waals surface area contributed by atoms with E-state index in [0.717, 1.165) is 42.1 Å². The number of carbonyl (C=O) groups is 1. The molecule has 1 aliphatic carbocycles. The van der Waals surface area contributed by atoms with Crippen molar-refractivity contribution in [3.05, 3.63) is 47.4 Å². The van der Waals surface area contributed by atoms with E-state index in [9.17, 15) is 9.18 Å². The van der Waals surface area contributed by atoms with Crippen LogP contribution in [-0.2, 0) is 11.2 Å². The standard InChI is InChI=1S/C21H25FN4O.2CH4.H2S/c1-12-20-18(26(3)13(2)21(27)25-20)11-19(23-12)24-17-9-15(10-17)8-14-4-6-16(22)7-5-14;;;/h4-7,11,13,15,17H,8-10H2,1-3H3,(H,23,24)(H,25,27);2*1H4;1H2/t13-,15?,17?;;;/m0.../s1. The summed E-state index contributed by atoms with van der Waals surface area (Å²) < 4.78 is 13.0. The number of amides is 1. The molecule has 2 heterocycles. The number of nitrogens with one attached hydrogen (secondary N) is 2. The number of carbonyl (C=O) groups excluding carboxylic acids is 1. The van der Waals surface area contributed by atoms with Crippen LogP contribution in [0, 0.1) is 18.7 Å². The Bertz CT molecular complexity index is 868. The molecule has 30 heavy (non-hydrogen) atoms. The van der Waals surface area contributed by atoms with Crippen LogP contribution in [0.25, 0.3) is 0 Å². The Labute approximate surface area is 186 Å². The molecule has 0 unspecified atom stereocenters. The summed E-state index contributed by atoms with van der Waals surface area (Å²) in [5, 5.41) is 6.49. The van der Waals surface area contributed by atoms with E-state index >= 15 is 0 Å². The highest BCUT2D eigenvalue weighted by atomic mass is 32.1. The summed E-state index contributed by atoms with van der Waals surface area (Å²) >= 11 is 0. The molecule has 1 saturated carbocycles. The maximum absolute atomic E-state index is 13.0. The lowest BCUT2D eigenvalue weighted by Gasteiger charge is -2.37. The molecule has 1 amide bonds. The quantitative estimate of drug-likeness (QED) is 0.701. The van der Waals surface area contributed by atoms with E-state index in [1.807, 2.05) is 44.0 Å². The molecule has 5 nitrogen and oxygen atoms in total. The summed E-state index contributed by atoms with van der Waals surface area (Å²) in [5.41, 5.74) is 3.81. The number of pyridine rings is 1. The second-order valence-electron chi connectivity index (χ2n) is 7.77. The highest BCUT2D eigenvalue weighted by Gasteiger charge is 2.31. The Morgan fingerprint density at radius 1 is 1.23 bits per heavy atom. The first-order valence-corrected chi connectivity index (χ1v) is 9.47. The lowest BCUT2D eigenvalue weighted by Crippen LogP contribution is -2.44. The van der Waals surface area contributed by atoms with Gasteiger partial charge in [-0.25, -0.2) is 9.37 Å². The van der Waals surface area contributed by atoms with Gasteiger partial charge >= 0.3 is 0 Å². The fourth-order valence-corrected chi connectivity index (χ4v) is 3.96. The van der Waals surface area contributed by atoms with Gasteiger partial charge in [-0.05, 0) is 56.7 Å². The zero-order chi connectivity index (χ0) is 19.1. The lowest BCUT2D eigenvalue weighted by atomic mass is 9.76. The number of hydrogen-bond donors (Lipinski definition) is 2. The van der Waals surface area contributed by atoms with Crippen molar-refractivity contribution in [2.24, 2.45) is 5.92 Å². The molecule has 1 aliphatic heterocycles. The molecule has 0 bridgehead atoms. The van der Waals surface area contributed by atoms with Gasteiger partial charge in [0.2, 0.25) is 5.91 Å². The summed E-state index contributed by atoms with van der Waals surface area (Å²) in [5.74, 6) is 1.29. The molecule has 1 aromatic heterocycles. The fourth-order valence-electron chi connectivity index (χ4n) is 3.96. The molecule has 1 atom stereocenters. The zero-order valence-electron chi connectivity index (χ0n) is 16.4. The van der Waals surface area contributed by atoms with Crippen molar-refractivity contribution in [3.63, 3.8) is 0 Å². The number of rotatable bonds is 4. The molecule has 0 spiro atoms. The monoisotopic (exact) mass is 434 g/mol. The summed E-state index contributed by atoms with van der Waals surface area (Å²) in [6.45, 7) is 3.82. The molecular weight excluding hydrogens is 399 g/mol. The van der Waals surface area contributed by atoms with Gasteiger partial charge in [-0.1, -0.05) is 27.0 Å². The zero-order valence-corrected chi connectivity index (χ0v) is 17.4. The lowest BCUT2D eigenvalue weighted by molar-refractivity contribution is -0.117. The average molecular weight is 435 g/mol. The fraction of sp³-hybridized carbons (Fsp3) is 0.478. The molecule has 0 saturated heterocycles. The Hall–Kier alpha value is -2.28. The molecule has 2 aliphatic rings. The largest absolute Gasteiger partial charge is 0.367 e. The maximum Gasteiger partial charge on any atom is 0.246 e. The summed E-state index contributed by atoms with van der Waals surface area (Å²) in [7, 11) is 1.94. The Morgan fingerprint density at radius 2 is 1.87 bits per heavy atom. The highest BCUT2D eigenvalue weighted by molar-refractivity contribution is 7.59. The number of halogens is 1. The first-order valence-electron chi connectivity index (χ1n) is 9.47. The van der Waals surface area contributed by atoms with E-state index in [0.29, 0.717) is 12.0 Å². The van der Waals surface area contributed by atoms with E-state index in [-0.39, 0.29) is 46.1 Å². The number of fused-ring (bicyclic) bond motifs is 1. The van der Waals surface area contributed by atoms with Gasteiger partial charge in [0.15, 0.2) is 0 Å². The number of likely N-dealkylation sites (N-methyl/N-ethyl adjacent to an activating group) is 1. The van der Waals surface area contributed by atoms with Crippen LogP contribution in [0.2, 0.25) is 0 Å². The number of benzene rings is 1. The molecule has 1 aromatic carbocycles. The molecule has 7 heteroatoms. The van der Waals surface area contributed by atoms with Crippen molar-refractivity contribution in [1.82, 2.24) is 4.98 Å². The van der Waals surface area contributed by atoms with E-state index in [4.69, 9.17) is 0 Å². The predicted octanol–water partition coefficient (Wildman–Crippen LogP) is 5.12. The molecule has 2 aromatic rings. The minimum Gasteiger partial charge on any atom is -0.367 e. The van der Waals surface area contributed by atoms with Crippen LogP contribution in [0.5, 0.6) is 0 Å². The van der Waals surface area contributed by atoms with Crippen molar-refractivity contribution >= 4 is 36.6 Å². The highest BCUT2D eigenvalue weighted by Crippen LogP contribution is 2.37. The van der Waals surface area contributed by atoms with Gasteiger partial charge < -0.3 is 15.5 Å². The van der Waals surface area contributed by atoms with Crippen LogP contribution < -0.4 is 15.5 Å². The Kier molecular flexibility index (Phi) is 8.72. The van der Waals surface area contributed by atoms with E-state index in [2.05, 4.69) is 15.6 Å². The Morgan fingerprint density at radius 3 is 2.50 bits per heavy atom. The van der Waals surface area contributed by atoms with Crippen LogP contribution in [-0.4, -0.2) is 30.0 Å². The van der Waals surface area contributed by atoms with E-state index in [1.165, 1.54) is 17.7 Å². The second-order valence-corrected chi connectivity index (χ2v) is 7.77. The maximum atomic E-state index is 13.0. The third kappa shape index (κ3) is 5.06. The molecule has 4 rings (SSSR count). The minimum absolute atomic E-state index is 0. The minimum atomic E-state index is -0.198. The molecule has 0 radical (unpaired) electrons. The first-order chi connectivity index (χ1) is 12.9. The number of anilines is 3. The molecule has 2 N–H and O–H groups in total. The van der Waals surface area contributed by atoms with Gasteiger partial charge in [0.05, 0.1) is 17.1 Å². The molecule has 166 valence electrons. The van der Waals surface area contributed by atoms with Gasteiger partial charge in [-0.3, -0.25) is 4.79 Å². The predicted molar refractivity (Wildman–Crippen MR) is 130 cm³/mol. The van der Waals surface area contributed by atoms with Crippen LogP contribution >= 0.6 is 13.5 Å². The van der Waals surface area contributed by atoms with Gasteiger partial charge in [0, 0.05) is 19.2 Å². The molecular formula is C23H35FN4OS. The van der Waals surface area contributed by atoms with E-state index < -0.39 is 0 Å². The van der Waals surface area contributed by atoms with Crippen molar-refractivity contribution in [2.75, 3.05) is 22.6 Å². The van der Waals surface area contributed by atoms with Crippen molar-refractivity contribution in [1.29, 1.82) is 0 Å². The van der Waals surface area contributed by atoms with Crippen LogP contribution in [0.1, 0.15) is 45.9 Å². The van der Waals surface area contributed by atoms with Crippen molar-refractivity contribution in [3.8, 4) is 0 Å².